The summed E-state index contributed by atoms with van der Waals surface area (Å²) in [5.74, 6) is 0. The van der Waals surface area contributed by atoms with Gasteiger partial charge in [-0.25, -0.2) is 4.21 Å². The van der Waals surface area contributed by atoms with E-state index in [2.05, 4.69) is 0 Å². The van der Waals surface area contributed by atoms with Crippen molar-refractivity contribution in [2.45, 2.75) is 0 Å². The van der Waals surface area contributed by atoms with Crippen LogP contribution in [0.2, 0.25) is 0 Å². The maximum Gasteiger partial charge on any atom is 1.00 e. The summed E-state index contributed by atoms with van der Waals surface area (Å²) >= 11 is -2.86. The van der Waals surface area contributed by atoms with Gasteiger partial charge in [0.15, 0.2) is 0 Å². The molecule has 104 valence electrons. The molecule has 0 saturated heterocycles. The molecule has 0 bridgehead atoms. The van der Waals surface area contributed by atoms with Crippen molar-refractivity contribution in [1.82, 2.24) is 0 Å². The Balaban J connectivity index is -0.00000000867. The van der Waals surface area contributed by atoms with Gasteiger partial charge in [-0.1, -0.05) is 0 Å². The molecule has 0 aliphatic heterocycles. The minimum absolute atomic E-state index is 0. The molecule has 0 heterocycles. The quantitative estimate of drug-likeness (QED) is 0.0718. The molecule has 0 aromatic rings. The molecule has 23 heteroatoms. The van der Waals surface area contributed by atoms with Gasteiger partial charge in [0.1, 0.15) is 0 Å². The topological polar surface area (TPSA) is 267 Å². The van der Waals surface area contributed by atoms with E-state index in [0.29, 0.717) is 0 Å². The number of hydrogen-bond donors (Lipinski definition) is 1. The maximum atomic E-state index is 8.56. The summed E-state index contributed by atoms with van der Waals surface area (Å²) in [6.07, 6.45) is 0. The molecule has 0 aromatic heterocycles. The Morgan fingerprint density at radius 2 is 0.652 bits per heavy atom. The predicted molar refractivity (Wildman–Crippen MR) is 32.5 cm³/mol. The first-order valence-corrected chi connectivity index (χ1v) is 5.71. The summed E-state index contributed by atoms with van der Waals surface area (Å²) in [5, 5.41) is 14.0. The van der Waals surface area contributed by atoms with E-state index in [1.54, 1.807) is 0 Å². The van der Waals surface area contributed by atoms with Gasteiger partial charge in [-0.3, -0.25) is 16.8 Å². The van der Waals surface area contributed by atoms with Crippen LogP contribution in [-0.2, 0) is 32.2 Å². The molecular formula is HK6NaO13S3. The fourth-order valence-corrected chi connectivity index (χ4v) is 0. The first-order valence-electron chi connectivity index (χ1n) is 2.02. The molecule has 0 fully saturated rings. The van der Waals surface area contributed by atoms with Gasteiger partial charge in [0.05, 0.1) is 11.4 Å². The van der Waals surface area contributed by atoms with E-state index in [9.17, 15) is 0 Å². The van der Waals surface area contributed by atoms with E-state index < -0.39 is 32.2 Å². The average Bonchev–Trinajstić information content (AvgIpc) is 1.80. The van der Waals surface area contributed by atoms with Crippen LogP contribution in [0.1, 0.15) is 0 Å². The van der Waals surface area contributed by atoms with Crippen LogP contribution in [0.3, 0.4) is 0 Å². The van der Waals surface area contributed by atoms with Gasteiger partial charge < -0.3 is 37.8 Å². The summed E-state index contributed by atoms with van der Waals surface area (Å²) < 4.78 is 92.3. The van der Waals surface area contributed by atoms with E-state index in [-0.39, 0.29) is 338 Å². The van der Waals surface area contributed by atoms with E-state index in [1.807, 2.05) is 0 Å². The second-order valence-corrected chi connectivity index (χ2v) is 3.10. The third kappa shape index (κ3) is 273. The van der Waals surface area contributed by atoms with E-state index in [4.69, 9.17) is 58.9 Å². The Bertz CT molecular complexity index is 302. The third-order valence-corrected chi connectivity index (χ3v) is 0. The molecule has 0 spiro atoms. The Labute approximate surface area is 414 Å². The van der Waals surface area contributed by atoms with Gasteiger partial charge in [-0.15, -0.1) is 0 Å². The fourth-order valence-electron chi connectivity index (χ4n) is 0. The Morgan fingerprint density at radius 1 is 0.652 bits per heavy atom. The Kier molecular flexibility index (Phi) is 151. The summed E-state index contributed by atoms with van der Waals surface area (Å²) in [5.41, 5.74) is 0. The van der Waals surface area contributed by atoms with Crippen LogP contribution in [0.4, 0.5) is 0 Å². The van der Waals surface area contributed by atoms with Crippen molar-refractivity contribution in [1.29, 1.82) is 0 Å². The first kappa shape index (κ1) is 69.9. The van der Waals surface area contributed by atoms with Crippen molar-refractivity contribution in [3.63, 3.8) is 0 Å². The molecule has 23 heavy (non-hydrogen) atoms. The third-order valence-electron chi connectivity index (χ3n) is 0. The fraction of sp³-hybridized carbons (Fsp3) is 0. The van der Waals surface area contributed by atoms with E-state index in [0.717, 1.165) is 0 Å². The van der Waals surface area contributed by atoms with Crippen molar-refractivity contribution in [2.24, 2.45) is 0 Å². The average molecular weight is 563 g/mol. The maximum absolute atomic E-state index is 8.56. The molecule has 1 N–H and O–H groups in total. The molecule has 0 saturated carbocycles. The Hall–Kier alpha value is 10.5. The molecule has 0 aromatic carbocycles. The van der Waals surface area contributed by atoms with Gasteiger partial charge >= 0.3 is 338 Å². The van der Waals surface area contributed by atoms with Crippen LogP contribution in [0, 0.1) is 0 Å². The van der Waals surface area contributed by atoms with Crippen LogP contribution in [-0.4, -0.2) is 48.4 Å². The smallest absolute Gasteiger partial charge is 1.00 e. The van der Waals surface area contributed by atoms with Crippen LogP contribution < -0.4 is 348 Å². The van der Waals surface area contributed by atoms with Crippen molar-refractivity contribution in [3.05, 3.63) is 0 Å². The summed E-state index contributed by atoms with van der Waals surface area (Å²) in [6, 6.07) is 0. The van der Waals surface area contributed by atoms with Gasteiger partial charge in [-0.05, 0) is 0 Å². The predicted octanol–water partition coefficient (Wildman–Crippen LogP) is -26.7. The first-order chi connectivity index (χ1) is 6.73. The molecule has 0 radical (unpaired) electrons. The summed E-state index contributed by atoms with van der Waals surface area (Å²) in [6.45, 7) is 0. The molecule has 0 amide bonds. The molecule has 13 nitrogen and oxygen atoms in total. The monoisotopic (exact) mass is 562 g/mol. The molecule has 0 rings (SSSR count). The summed E-state index contributed by atoms with van der Waals surface area (Å²) in [7, 11) is -10.3. The number of rotatable bonds is 0. The molecule has 1 unspecified atom stereocenters. The largest absolute Gasteiger partial charge is 1.00 e. The second kappa shape index (κ2) is 49.6. The van der Waals surface area contributed by atoms with Crippen molar-refractivity contribution >= 4 is 32.2 Å². The van der Waals surface area contributed by atoms with Gasteiger partial charge in [0, 0.05) is 20.8 Å². The number of hydrogen-bond acceptors (Lipinski definition) is 12. The van der Waals surface area contributed by atoms with Crippen molar-refractivity contribution < 1.29 is 397 Å². The zero-order valence-electron chi connectivity index (χ0n) is 13.6. The molecule has 1 atom stereocenters. The van der Waals surface area contributed by atoms with Gasteiger partial charge in [0.25, 0.3) is 0 Å². The zero-order valence-corrected chi connectivity index (χ0v) is 36.8. The minimum atomic E-state index is -5.17. The zero-order chi connectivity index (χ0) is 14.6. The van der Waals surface area contributed by atoms with Crippen LogP contribution in [0.15, 0.2) is 0 Å². The SMILES string of the molecule is O=S(=O)([O-])[O-].O=S(=O)([O-])[O-].O=S([O-])O.[K+].[K+].[K+].[K+].[K+].[K+].[Na+].[O-][O-]. The normalized spacial score (nSPS) is 8.00. The van der Waals surface area contributed by atoms with E-state index >= 15 is 0 Å². The Morgan fingerprint density at radius 3 is 0.652 bits per heavy atom. The molecule has 0 aliphatic carbocycles. The standard InChI is InChI=1S/6K.Na.2H2O4S.H2O3S.O2/c;;;;;;;2*1-5(2,3)4;1-4(2)3;1-2/h;;;;;;;2*(H2,1,2,3,4);(H2,1,2,3);/q7*+1;;;;-2/p-5. The minimum Gasteiger partial charge on any atom is -1.00 e. The van der Waals surface area contributed by atoms with E-state index in [1.165, 1.54) is 0 Å². The van der Waals surface area contributed by atoms with Crippen molar-refractivity contribution in [2.75, 3.05) is 0 Å². The molecule has 0 aliphatic rings. The summed E-state index contributed by atoms with van der Waals surface area (Å²) in [4.78, 5) is 0. The second-order valence-electron chi connectivity index (χ2n) is 1.03. The van der Waals surface area contributed by atoms with Crippen LogP contribution in [0.25, 0.3) is 0 Å². The molecular weight excluding hydrogens is 562 g/mol. The van der Waals surface area contributed by atoms with Crippen LogP contribution in [0.5, 0.6) is 0 Å². The van der Waals surface area contributed by atoms with Gasteiger partial charge in [0.2, 0.25) is 0 Å². The van der Waals surface area contributed by atoms with Crippen LogP contribution >= 0.6 is 0 Å². The van der Waals surface area contributed by atoms with Crippen molar-refractivity contribution in [3.8, 4) is 0 Å². The van der Waals surface area contributed by atoms with Gasteiger partial charge in [-0.2, -0.15) is 0 Å².